The molecule has 1 aromatic carbocycles. The zero-order valence-corrected chi connectivity index (χ0v) is 6.76. The average Bonchev–Trinajstić information content (AvgIpc) is 2.06. The highest BCUT2D eigenvalue weighted by Crippen LogP contribution is 2.16. The number of hydrogen-bond acceptors (Lipinski definition) is 2. The summed E-state index contributed by atoms with van der Waals surface area (Å²) < 4.78 is 45.4. The molecule has 66 valence electrons. The van der Waals surface area contributed by atoms with E-state index in [1.54, 1.807) is 6.07 Å². The summed E-state index contributed by atoms with van der Waals surface area (Å²) in [5, 5.41) is 0. The summed E-state index contributed by atoms with van der Waals surface area (Å²) in [6.45, 7) is 0. The number of halogens is 2. The van der Waals surface area contributed by atoms with Gasteiger partial charge in [-0.1, -0.05) is 18.2 Å². The zero-order chi connectivity index (χ0) is 9.19. The van der Waals surface area contributed by atoms with Crippen LogP contribution in [0.15, 0.2) is 35.2 Å². The van der Waals surface area contributed by atoms with Crippen molar-refractivity contribution in [3.8, 4) is 0 Å². The van der Waals surface area contributed by atoms with Gasteiger partial charge >= 0.3 is 5.76 Å². The van der Waals surface area contributed by atoms with E-state index in [-0.39, 0.29) is 4.90 Å². The van der Waals surface area contributed by atoms with Crippen LogP contribution in [0.5, 0.6) is 0 Å². The second-order valence-corrected chi connectivity index (χ2v) is 4.04. The Labute approximate surface area is 68.8 Å². The van der Waals surface area contributed by atoms with Crippen molar-refractivity contribution in [3.05, 3.63) is 30.3 Å². The van der Waals surface area contributed by atoms with Crippen LogP contribution in [0.3, 0.4) is 0 Å². The van der Waals surface area contributed by atoms with Crippen molar-refractivity contribution in [2.75, 3.05) is 0 Å². The minimum absolute atomic E-state index is 0.347. The predicted octanol–water partition coefficient (Wildman–Crippen LogP) is 1.68. The Balaban J connectivity index is 3.17. The molecule has 0 aliphatic rings. The molecule has 1 aromatic rings. The molecule has 0 aromatic heterocycles. The smallest absolute Gasteiger partial charge is 0.218 e. The third-order valence-corrected chi connectivity index (χ3v) is 2.70. The summed E-state index contributed by atoms with van der Waals surface area (Å²) in [5.41, 5.74) is 0. The van der Waals surface area contributed by atoms with E-state index in [1.807, 2.05) is 0 Å². The lowest BCUT2D eigenvalue weighted by Gasteiger charge is -2.00. The van der Waals surface area contributed by atoms with Gasteiger partial charge in [0.1, 0.15) is 0 Å². The normalized spacial score (nSPS) is 14.2. The van der Waals surface area contributed by atoms with Crippen molar-refractivity contribution >= 4 is 9.84 Å². The highest BCUT2D eigenvalue weighted by molar-refractivity contribution is 7.91. The maximum atomic E-state index is 11.9. The molecule has 0 amide bonds. The van der Waals surface area contributed by atoms with Crippen LogP contribution in [0, 0.1) is 0 Å². The van der Waals surface area contributed by atoms with Crippen molar-refractivity contribution in [3.63, 3.8) is 0 Å². The lowest BCUT2D eigenvalue weighted by atomic mass is 10.4. The standard InChI is InChI=1S/C7H6F2O2S/c8-7(9)12(10,11)6-4-2-1-3-5-6/h1-5,7H/i8-1. The Hall–Kier alpha value is -0.970. The topological polar surface area (TPSA) is 34.1 Å². The van der Waals surface area contributed by atoms with Gasteiger partial charge in [-0.3, -0.25) is 0 Å². The fourth-order valence-electron chi connectivity index (χ4n) is 0.713. The first-order valence-corrected chi connectivity index (χ1v) is 4.67. The van der Waals surface area contributed by atoms with Crippen molar-refractivity contribution in [2.24, 2.45) is 0 Å². The zero-order valence-electron chi connectivity index (χ0n) is 5.94. The molecular weight excluding hydrogens is 185 g/mol. The quantitative estimate of drug-likeness (QED) is 0.712. The van der Waals surface area contributed by atoms with Crippen molar-refractivity contribution in [1.82, 2.24) is 0 Å². The van der Waals surface area contributed by atoms with Gasteiger partial charge in [0.05, 0.1) is 4.90 Å². The Bertz CT molecular complexity index is 345. The van der Waals surface area contributed by atoms with E-state index in [0.29, 0.717) is 0 Å². The molecule has 0 saturated heterocycles. The number of hydrogen-bond donors (Lipinski definition) is 0. The van der Waals surface area contributed by atoms with E-state index in [2.05, 4.69) is 0 Å². The summed E-state index contributed by atoms with van der Waals surface area (Å²) in [6, 6.07) is 6.64. The van der Waals surface area contributed by atoms with Crippen LogP contribution in [0.25, 0.3) is 0 Å². The third kappa shape index (κ3) is 1.61. The summed E-state index contributed by atoms with van der Waals surface area (Å²) in [7, 11) is -4.41. The minimum atomic E-state index is -4.41. The summed E-state index contributed by atoms with van der Waals surface area (Å²) in [6.07, 6.45) is 0. The highest BCUT2D eigenvalue weighted by Gasteiger charge is 2.25. The maximum absolute atomic E-state index is 11.9. The maximum Gasteiger partial charge on any atom is 0.341 e. The predicted molar refractivity (Wildman–Crippen MR) is 39.6 cm³/mol. The van der Waals surface area contributed by atoms with Crippen LogP contribution >= 0.6 is 0 Å². The molecule has 0 aliphatic carbocycles. The molecule has 12 heavy (non-hydrogen) atoms. The molecule has 2 nitrogen and oxygen atoms in total. The van der Waals surface area contributed by atoms with E-state index >= 15 is 0 Å². The number of alkyl halides is 2. The van der Waals surface area contributed by atoms with E-state index < -0.39 is 15.6 Å². The van der Waals surface area contributed by atoms with Gasteiger partial charge in [-0.25, -0.2) is 8.42 Å². The number of benzene rings is 1. The van der Waals surface area contributed by atoms with E-state index in [1.165, 1.54) is 12.1 Å². The average molecular weight is 191 g/mol. The van der Waals surface area contributed by atoms with E-state index in [9.17, 15) is 17.2 Å². The summed E-state index contributed by atoms with van der Waals surface area (Å²) in [5.74, 6) is -3.35. The largest absolute Gasteiger partial charge is 0.341 e. The lowest BCUT2D eigenvalue weighted by Crippen LogP contribution is -2.10. The van der Waals surface area contributed by atoms with Gasteiger partial charge in [-0.2, -0.15) is 8.78 Å². The second kappa shape index (κ2) is 3.18. The first-order chi connectivity index (χ1) is 5.55. The Morgan fingerprint density at radius 3 is 2.00 bits per heavy atom. The Morgan fingerprint density at radius 2 is 1.58 bits per heavy atom. The van der Waals surface area contributed by atoms with Crippen LogP contribution in [0.1, 0.15) is 0 Å². The first kappa shape index (κ1) is 9.12. The van der Waals surface area contributed by atoms with Crippen LogP contribution < -0.4 is 0 Å². The van der Waals surface area contributed by atoms with E-state index in [0.717, 1.165) is 12.1 Å². The molecule has 0 bridgehead atoms. The van der Waals surface area contributed by atoms with Gasteiger partial charge in [0.15, 0.2) is 0 Å². The first-order valence-electron chi connectivity index (χ1n) is 3.12. The SMILES string of the molecule is O=S(=O)(c1ccccc1)C(F)[18F]. The Morgan fingerprint density at radius 1 is 1.08 bits per heavy atom. The van der Waals surface area contributed by atoms with Gasteiger partial charge in [0.2, 0.25) is 9.84 Å². The van der Waals surface area contributed by atoms with Gasteiger partial charge in [0, 0.05) is 0 Å². The molecule has 1 atom stereocenters. The molecule has 0 radical (unpaired) electrons. The van der Waals surface area contributed by atoms with Crippen LogP contribution in [0.2, 0.25) is 0 Å². The fourth-order valence-corrected chi connectivity index (χ4v) is 1.46. The van der Waals surface area contributed by atoms with Crippen molar-refractivity contribution < 1.29 is 17.2 Å². The Kier molecular flexibility index (Phi) is 2.42. The van der Waals surface area contributed by atoms with Crippen LogP contribution in [0.4, 0.5) is 8.78 Å². The molecule has 5 heteroatoms. The third-order valence-electron chi connectivity index (χ3n) is 1.31. The number of sulfone groups is 1. The molecule has 0 saturated carbocycles. The number of rotatable bonds is 2. The molecular formula is C7H6F2O2S. The second-order valence-electron chi connectivity index (χ2n) is 2.12. The monoisotopic (exact) mass is 191 g/mol. The summed E-state index contributed by atoms with van der Waals surface area (Å²) in [4.78, 5) is -0.347. The molecule has 0 fully saturated rings. The molecule has 0 N–H and O–H groups in total. The molecule has 0 aliphatic heterocycles. The summed E-state index contributed by atoms with van der Waals surface area (Å²) >= 11 is 0. The molecule has 1 unspecified atom stereocenters. The molecule has 1 rings (SSSR count). The van der Waals surface area contributed by atoms with Crippen LogP contribution in [-0.4, -0.2) is 14.2 Å². The van der Waals surface area contributed by atoms with E-state index in [4.69, 9.17) is 0 Å². The molecule has 0 heterocycles. The minimum Gasteiger partial charge on any atom is -0.218 e. The van der Waals surface area contributed by atoms with Gasteiger partial charge in [-0.15, -0.1) is 0 Å². The highest BCUT2D eigenvalue weighted by atomic mass is 32.2. The molecule has 0 spiro atoms. The van der Waals surface area contributed by atoms with Gasteiger partial charge in [0.25, 0.3) is 0 Å². The van der Waals surface area contributed by atoms with Gasteiger partial charge < -0.3 is 0 Å². The fraction of sp³-hybridized carbons (Fsp3) is 0.143. The van der Waals surface area contributed by atoms with Gasteiger partial charge in [-0.05, 0) is 12.1 Å². The lowest BCUT2D eigenvalue weighted by molar-refractivity contribution is 0.234. The van der Waals surface area contributed by atoms with Crippen LogP contribution in [-0.2, 0) is 9.84 Å². The van der Waals surface area contributed by atoms with Crippen molar-refractivity contribution in [1.29, 1.82) is 0 Å². The van der Waals surface area contributed by atoms with Crippen molar-refractivity contribution in [2.45, 2.75) is 10.7 Å².